The topological polar surface area (TPSA) is 35.8 Å². The highest BCUT2D eigenvalue weighted by atomic mass is 35.5. The fourth-order valence-corrected chi connectivity index (χ4v) is 2.78. The molecule has 2 rings (SSSR count). The minimum Gasteiger partial charge on any atom is -0.312 e. The monoisotopic (exact) mass is 268 g/mol. The molecule has 0 spiro atoms. The Morgan fingerprint density at radius 3 is 2.47 bits per heavy atom. The first-order valence-corrected chi connectivity index (χ1v) is 6.42. The summed E-state index contributed by atoms with van der Waals surface area (Å²) in [5, 5.41) is 13.7. The molecule has 1 fully saturated rings. The number of nitrogens with one attached hydrogen (secondary N) is 1. The number of nitriles is 1. The fraction of sp³-hybridized carbons (Fsp3) is 0.462. The Hall–Kier alpha value is -0.750. The summed E-state index contributed by atoms with van der Waals surface area (Å²) in [5.41, 5.74) is 0.745. The van der Waals surface area contributed by atoms with Crippen LogP contribution >= 0.6 is 23.2 Å². The molecule has 0 aromatic heterocycles. The van der Waals surface area contributed by atoms with Crippen LogP contribution in [0.15, 0.2) is 18.2 Å². The molecule has 90 valence electrons. The molecule has 1 N–H and O–H groups in total. The van der Waals surface area contributed by atoms with Crippen LogP contribution < -0.4 is 5.32 Å². The quantitative estimate of drug-likeness (QED) is 0.901. The molecule has 0 aliphatic heterocycles. The van der Waals surface area contributed by atoms with Gasteiger partial charge in [-0.2, -0.15) is 5.26 Å². The van der Waals surface area contributed by atoms with E-state index < -0.39 is 0 Å². The van der Waals surface area contributed by atoms with E-state index in [4.69, 9.17) is 23.2 Å². The molecule has 1 aliphatic rings. The van der Waals surface area contributed by atoms with Crippen molar-refractivity contribution in [2.24, 2.45) is 5.41 Å². The first-order valence-electron chi connectivity index (χ1n) is 5.66. The molecule has 0 saturated heterocycles. The van der Waals surface area contributed by atoms with E-state index in [0.29, 0.717) is 10.0 Å². The summed E-state index contributed by atoms with van der Waals surface area (Å²) in [6.07, 6.45) is 3.00. The van der Waals surface area contributed by atoms with E-state index in [1.165, 1.54) is 0 Å². The Bertz CT molecular complexity index is 461. The van der Waals surface area contributed by atoms with Gasteiger partial charge in [0.05, 0.1) is 27.6 Å². The third-order valence-electron chi connectivity index (χ3n) is 3.59. The zero-order valence-electron chi connectivity index (χ0n) is 9.63. The molecule has 4 heteroatoms. The molecule has 17 heavy (non-hydrogen) atoms. The second kappa shape index (κ2) is 4.86. The van der Waals surface area contributed by atoms with Crippen LogP contribution in [0, 0.1) is 16.7 Å². The highest BCUT2D eigenvalue weighted by molar-refractivity contribution is 6.42. The Kier molecular flexibility index (Phi) is 3.63. The standard InChI is InChI=1S/C13H14Cl2N2/c1-17-12(13(8-16)5-2-6-13)9-3-4-10(14)11(15)7-9/h3-4,7,12,17H,2,5-6H2,1H3. The van der Waals surface area contributed by atoms with Crippen molar-refractivity contribution in [3.8, 4) is 6.07 Å². The van der Waals surface area contributed by atoms with Gasteiger partial charge in [0, 0.05) is 0 Å². The van der Waals surface area contributed by atoms with Crippen LogP contribution in [0.2, 0.25) is 10.0 Å². The van der Waals surface area contributed by atoms with Crippen molar-refractivity contribution in [2.75, 3.05) is 7.05 Å². The predicted molar refractivity (Wildman–Crippen MR) is 70.2 cm³/mol. The second-order valence-corrected chi connectivity index (χ2v) is 5.33. The molecule has 1 saturated carbocycles. The van der Waals surface area contributed by atoms with Crippen molar-refractivity contribution in [1.82, 2.24) is 5.32 Å². The van der Waals surface area contributed by atoms with Crippen molar-refractivity contribution in [3.05, 3.63) is 33.8 Å². The lowest BCUT2D eigenvalue weighted by Gasteiger charge is -2.42. The summed E-state index contributed by atoms with van der Waals surface area (Å²) in [4.78, 5) is 0. The maximum absolute atomic E-state index is 9.37. The summed E-state index contributed by atoms with van der Waals surface area (Å²) in [6, 6.07) is 8.06. The Morgan fingerprint density at radius 2 is 2.06 bits per heavy atom. The zero-order chi connectivity index (χ0) is 12.5. The summed E-state index contributed by atoms with van der Waals surface area (Å²) in [6.45, 7) is 0. The van der Waals surface area contributed by atoms with Crippen molar-refractivity contribution in [3.63, 3.8) is 0 Å². The van der Waals surface area contributed by atoms with E-state index in [0.717, 1.165) is 24.8 Å². The van der Waals surface area contributed by atoms with Gasteiger partial charge in [0.15, 0.2) is 0 Å². The third-order valence-corrected chi connectivity index (χ3v) is 4.33. The molecular weight excluding hydrogens is 255 g/mol. The number of benzene rings is 1. The van der Waals surface area contributed by atoms with Crippen molar-refractivity contribution < 1.29 is 0 Å². The lowest BCUT2D eigenvalue weighted by atomic mass is 9.63. The molecule has 1 aromatic carbocycles. The summed E-state index contributed by atoms with van der Waals surface area (Å²) in [7, 11) is 1.88. The Balaban J connectivity index is 2.36. The van der Waals surface area contributed by atoms with E-state index in [2.05, 4.69) is 11.4 Å². The van der Waals surface area contributed by atoms with E-state index in [1.54, 1.807) is 6.07 Å². The molecule has 0 bridgehead atoms. The third kappa shape index (κ3) is 2.15. The molecule has 1 aliphatic carbocycles. The Morgan fingerprint density at radius 1 is 1.35 bits per heavy atom. The molecule has 1 atom stereocenters. The first-order chi connectivity index (χ1) is 8.13. The van der Waals surface area contributed by atoms with Gasteiger partial charge in [0.25, 0.3) is 0 Å². The largest absolute Gasteiger partial charge is 0.312 e. The van der Waals surface area contributed by atoms with Gasteiger partial charge in [-0.05, 0) is 37.6 Å². The molecule has 1 unspecified atom stereocenters. The van der Waals surface area contributed by atoms with Gasteiger partial charge in [-0.3, -0.25) is 0 Å². The molecular formula is C13H14Cl2N2. The van der Waals surface area contributed by atoms with Gasteiger partial charge >= 0.3 is 0 Å². The van der Waals surface area contributed by atoms with Gasteiger partial charge in [-0.15, -0.1) is 0 Å². The number of hydrogen-bond acceptors (Lipinski definition) is 2. The highest BCUT2D eigenvalue weighted by Crippen LogP contribution is 2.50. The lowest BCUT2D eigenvalue weighted by molar-refractivity contribution is 0.149. The van der Waals surface area contributed by atoms with Crippen LogP contribution in [0.25, 0.3) is 0 Å². The van der Waals surface area contributed by atoms with Crippen LogP contribution in [-0.2, 0) is 0 Å². The summed E-state index contributed by atoms with van der Waals surface area (Å²) < 4.78 is 0. The van der Waals surface area contributed by atoms with Crippen LogP contribution in [-0.4, -0.2) is 7.05 Å². The van der Waals surface area contributed by atoms with Gasteiger partial charge in [0.1, 0.15) is 0 Å². The van der Waals surface area contributed by atoms with E-state index in [9.17, 15) is 5.26 Å². The van der Waals surface area contributed by atoms with Gasteiger partial charge in [0.2, 0.25) is 0 Å². The second-order valence-electron chi connectivity index (χ2n) is 4.52. The van der Waals surface area contributed by atoms with E-state index in [1.807, 2.05) is 19.2 Å². The molecule has 0 amide bonds. The number of rotatable bonds is 3. The zero-order valence-corrected chi connectivity index (χ0v) is 11.1. The normalized spacial score (nSPS) is 19.2. The van der Waals surface area contributed by atoms with Crippen molar-refractivity contribution >= 4 is 23.2 Å². The highest BCUT2D eigenvalue weighted by Gasteiger charge is 2.44. The number of hydrogen-bond donors (Lipinski definition) is 1. The van der Waals surface area contributed by atoms with E-state index >= 15 is 0 Å². The molecule has 0 radical (unpaired) electrons. The minimum atomic E-state index is -0.286. The van der Waals surface area contributed by atoms with Crippen molar-refractivity contribution in [2.45, 2.75) is 25.3 Å². The van der Waals surface area contributed by atoms with Crippen LogP contribution in [0.5, 0.6) is 0 Å². The smallest absolute Gasteiger partial charge is 0.0768 e. The van der Waals surface area contributed by atoms with Crippen LogP contribution in [0.3, 0.4) is 0 Å². The maximum Gasteiger partial charge on any atom is 0.0768 e. The SMILES string of the molecule is CNC(c1ccc(Cl)c(Cl)c1)C1(C#N)CCC1. The van der Waals surface area contributed by atoms with Crippen molar-refractivity contribution in [1.29, 1.82) is 5.26 Å². The number of nitrogens with zero attached hydrogens (tertiary/aromatic N) is 1. The van der Waals surface area contributed by atoms with Crippen LogP contribution in [0.4, 0.5) is 0 Å². The van der Waals surface area contributed by atoms with Gasteiger partial charge in [-0.1, -0.05) is 35.7 Å². The predicted octanol–water partition coefficient (Wildman–Crippen LogP) is 3.95. The van der Waals surface area contributed by atoms with Gasteiger partial charge in [-0.25, -0.2) is 0 Å². The average molecular weight is 269 g/mol. The first kappa shape index (κ1) is 12.7. The fourth-order valence-electron chi connectivity index (χ4n) is 2.48. The summed E-state index contributed by atoms with van der Waals surface area (Å²) in [5.74, 6) is 0. The molecule has 1 aromatic rings. The lowest BCUT2D eigenvalue weighted by Crippen LogP contribution is -2.40. The maximum atomic E-state index is 9.37. The van der Waals surface area contributed by atoms with E-state index in [-0.39, 0.29) is 11.5 Å². The molecule has 2 nitrogen and oxygen atoms in total. The Labute approximate surface area is 112 Å². The van der Waals surface area contributed by atoms with Crippen LogP contribution in [0.1, 0.15) is 30.9 Å². The minimum absolute atomic E-state index is 0.0241. The summed E-state index contributed by atoms with van der Waals surface area (Å²) >= 11 is 11.9. The number of halogens is 2. The van der Waals surface area contributed by atoms with Gasteiger partial charge < -0.3 is 5.32 Å². The average Bonchev–Trinajstić information content (AvgIpc) is 2.27. The molecule has 0 heterocycles.